The van der Waals surface area contributed by atoms with Gasteiger partial charge in [-0.2, -0.15) is 0 Å². The van der Waals surface area contributed by atoms with Crippen LogP contribution in [0.15, 0.2) is 243 Å². The van der Waals surface area contributed by atoms with Crippen molar-refractivity contribution in [3.8, 4) is 44.8 Å². The smallest absolute Gasteiger partial charge is 0.0713 e. The van der Waals surface area contributed by atoms with Crippen molar-refractivity contribution in [3.05, 3.63) is 265 Å². The molecule has 0 N–H and O–H groups in total. The first-order valence-corrected chi connectivity index (χ1v) is 21.8. The third-order valence-electron chi connectivity index (χ3n) is 13.6. The summed E-state index contributed by atoms with van der Waals surface area (Å²) in [4.78, 5) is 0. The Bertz CT molecular complexity index is 3670. The van der Waals surface area contributed by atoms with Crippen LogP contribution in [0.25, 0.3) is 88.4 Å². The van der Waals surface area contributed by atoms with Crippen molar-refractivity contribution >= 4 is 43.6 Å². The van der Waals surface area contributed by atoms with Gasteiger partial charge in [-0.15, -0.1) is 0 Å². The molecule has 0 amide bonds. The molecule has 2 aromatic heterocycles. The zero-order valence-corrected chi connectivity index (χ0v) is 34.5. The van der Waals surface area contributed by atoms with Gasteiger partial charge < -0.3 is 9.13 Å². The number of rotatable bonds is 6. The summed E-state index contributed by atoms with van der Waals surface area (Å²) in [5.41, 5.74) is 19.2. The van der Waals surface area contributed by atoms with E-state index in [0.717, 1.165) is 11.4 Å². The van der Waals surface area contributed by atoms with Gasteiger partial charge in [0.05, 0.1) is 27.5 Å². The van der Waals surface area contributed by atoms with Crippen molar-refractivity contribution in [2.75, 3.05) is 0 Å². The monoisotopic (exact) mass is 800 g/mol. The zero-order valence-electron chi connectivity index (χ0n) is 34.5. The van der Waals surface area contributed by atoms with E-state index in [4.69, 9.17) is 0 Å². The van der Waals surface area contributed by atoms with Crippen molar-refractivity contribution in [1.29, 1.82) is 0 Å². The summed E-state index contributed by atoms with van der Waals surface area (Å²) < 4.78 is 4.88. The molecule has 12 aromatic rings. The Morgan fingerprint density at radius 2 is 0.794 bits per heavy atom. The van der Waals surface area contributed by atoms with Gasteiger partial charge in [0.2, 0.25) is 0 Å². The van der Waals surface area contributed by atoms with E-state index in [2.05, 4.69) is 252 Å². The molecular weight excluding hydrogens is 761 g/mol. The second-order valence-electron chi connectivity index (χ2n) is 16.8. The second-order valence-corrected chi connectivity index (χ2v) is 16.8. The summed E-state index contributed by atoms with van der Waals surface area (Å²) >= 11 is 0. The van der Waals surface area contributed by atoms with Gasteiger partial charge in [-0.1, -0.05) is 182 Å². The van der Waals surface area contributed by atoms with Crippen molar-refractivity contribution in [3.63, 3.8) is 0 Å². The number of para-hydroxylation sites is 2. The predicted octanol–water partition coefficient (Wildman–Crippen LogP) is 15.6. The van der Waals surface area contributed by atoms with Crippen LogP contribution < -0.4 is 0 Å². The van der Waals surface area contributed by atoms with E-state index in [1.54, 1.807) is 0 Å². The molecule has 1 aliphatic rings. The largest absolute Gasteiger partial charge is 0.309 e. The zero-order chi connectivity index (χ0) is 41.5. The lowest BCUT2D eigenvalue weighted by Gasteiger charge is -2.33. The number of fused-ring (bicyclic) bond motifs is 10. The van der Waals surface area contributed by atoms with Crippen LogP contribution in [0.1, 0.15) is 22.3 Å². The molecule has 0 spiro atoms. The number of aromatic nitrogens is 2. The standard InChI is InChI=1S/C61H40N2/c1-5-18-41(19-6-1)42-20-17-27-48(38-42)63-55-31-16-14-28-49(55)51-39-43(32-35-56(51)63)44-33-36-57-52(40-44)60-58(62(57)47-25-11-4-12-26-47)37-34-54-59(60)50-29-13-15-30-53(50)61(54,45-21-7-2-8-22-45)46-23-9-3-10-24-46/h1-40H. The molecule has 10 aromatic carbocycles. The van der Waals surface area contributed by atoms with Gasteiger partial charge in [0, 0.05) is 32.9 Å². The molecule has 0 fully saturated rings. The molecule has 13 rings (SSSR count). The molecule has 0 saturated carbocycles. The quantitative estimate of drug-likeness (QED) is 0.159. The van der Waals surface area contributed by atoms with Crippen LogP contribution in [0.2, 0.25) is 0 Å². The highest BCUT2D eigenvalue weighted by Gasteiger charge is 2.47. The Morgan fingerprint density at radius 1 is 0.286 bits per heavy atom. The first kappa shape index (κ1) is 35.5. The van der Waals surface area contributed by atoms with E-state index < -0.39 is 5.41 Å². The number of hydrogen-bond acceptors (Lipinski definition) is 0. The molecule has 2 heteroatoms. The fourth-order valence-electron chi connectivity index (χ4n) is 11.0. The average Bonchev–Trinajstić information content (AvgIpc) is 3.99. The van der Waals surface area contributed by atoms with Crippen LogP contribution in [0.4, 0.5) is 0 Å². The normalized spacial score (nSPS) is 12.9. The van der Waals surface area contributed by atoms with E-state index in [1.807, 2.05) is 0 Å². The molecule has 0 unspecified atom stereocenters. The lowest BCUT2D eigenvalue weighted by Crippen LogP contribution is -2.28. The Labute approximate surface area is 366 Å². The maximum atomic E-state index is 2.46. The first-order valence-electron chi connectivity index (χ1n) is 21.8. The molecule has 0 bridgehead atoms. The fourth-order valence-corrected chi connectivity index (χ4v) is 11.0. The highest BCUT2D eigenvalue weighted by Crippen LogP contribution is 2.59. The van der Waals surface area contributed by atoms with Gasteiger partial charge >= 0.3 is 0 Å². The van der Waals surface area contributed by atoms with E-state index in [9.17, 15) is 0 Å². The van der Waals surface area contributed by atoms with E-state index in [1.165, 1.54) is 99.2 Å². The maximum Gasteiger partial charge on any atom is 0.0713 e. The molecule has 0 atom stereocenters. The Morgan fingerprint density at radius 3 is 1.52 bits per heavy atom. The molecule has 1 aliphatic carbocycles. The van der Waals surface area contributed by atoms with Gasteiger partial charge in [0.1, 0.15) is 0 Å². The molecule has 63 heavy (non-hydrogen) atoms. The highest BCUT2D eigenvalue weighted by molar-refractivity contribution is 6.19. The maximum absolute atomic E-state index is 2.46. The van der Waals surface area contributed by atoms with Crippen LogP contribution in [0.3, 0.4) is 0 Å². The third kappa shape index (κ3) is 5.19. The topological polar surface area (TPSA) is 9.86 Å². The van der Waals surface area contributed by atoms with Crippen LogP contribution in [0, 0.1) is 0 Å². The summed E-state index contributed by atoms with van der Waals surface area (Å²) in [6.45, 7) is 0. The summed E-state index contributed by atoms with van der Waals surface area (Å²) in [5, 5.41) is 5.01. The average molecular weight is 801 g/mol. The van der Waals surface area contributed by atoms with Crippen LogP contribution in [-0.2, 0) is 5.41 Å². The van der Waals surface area contributed by atoms with Crippen LogP contribution in [0.5, 0.6) is 0 Å². The summed E-state index contributed by atoms with van der Waals surface area (Å²) in [5.74, 6) is 0. The summed E-state index contributed by atoms with van der Waals surface area (Å²) in [7, 11) is 0. The minimum Gasteiger partial charge on any atom is -0.309 e. The molecule has 0 saturated heterocycles. The van der Waals surface area contributed by atoms with Crippen LogP contribution in [-0.4, -0.2) is 9.13 Å². The number of hydrogen-bond donors (Lipinski definition) is 0. The molecular formula is C61H40N2. The van der Waals surface area contributed by atoms with Crippen molar-refractivity contribution < 1.29 is 0 Å². The second kappa shape index (κ2) is 13.9. The van der Waals surface area contributed by atoms with Gasteiger partial charge in [0.25, 0.3) is 0 Å². The van der Waals surface area contributed by atoms with Gasteiger partial charge in [-0.3, -0.25) is 0 Å². The molecule has 0 aliphatic heterocycles. The predicted molar refractivity (Wildman–Crippen MR) is 263 cm³/mol. The van der Waals surface area contributed by atoms with E-state index in [-0.39, 0.29) is 0 Å². The SMILES string of the molecule is c1ccc(-c2cccc(-n3c4ccccc4c4cc(-c5ccc6c(c5)c5c7c(ccc5n6-c5ccccc5)C(c5ccccc5)(c5ccccc5)c5ccccc5-7)ccc43)c2)cc1. The molecule has 2 nitrogen and oxygen atoms in total. The Hall–Kier alpha value is -8.20. The van der Waals surface area contributed by atoms with Crippen molar-refractivity contribution in [2.24, 2.45) is 0 Å². The molecule has 2 heterocycles. The number of benzene rings is 10. The molecule has 0 radical (unpaired) electrons. The first-order chi connectivity index (χ1) is 31.3. The van der Waals surface area contributed by atoms with Crippen molar-refractivity contribution in [2.45, 2.75) is 5.41 Å². The lowest BCUT2D eigenvalue weighted by atomic mass is 9.67. The molecule has 294 valence electrons. The Kier molecular flexibility index (Phi) is 7.85. The van der Waals surface area contributed by atoms with Crippen molar-refractivity contribution in [1.82, 2.24) is 9.13 Å². The Balaban J connectivity index is 1.07. The summed E-state index contributed by atoms with van der Waals surface area (Å²) in [6.07, 6.45) is 0. The van der Waals surface area contributed by atoms with Gasteiger partial charge in [0.15, 0.2) is 0 Å². The van der Waals surface area contributed by atoms with Gasteiger partial charge in [-0.05, 0) is 116 Å². The highest BCUT2D eigenvalue weighted by atomic mass is 15.0. The van der Waals surface area contributed by atoms with Crippen LogP contribution >= 0.6 is 0 Å². The van der Waals surface area contributed by atoms with Gasteiger partial charge in [-0.25, -0.2) is 0 Å². The number of nitrogens with zero attached hydrogens (tertiary/aromatic N) is 2. The van der Waals surface area contributed by atoms with E-state index >= 15 is 0 Å². The minimum absolute atomic E-state index is 0.485. The summed E-state index contributed by atoms with van der Waals surface area (Å²) in [6, 6.07) is 89.5. The minimum atomic E-state index is -0.485. The third-order valence-corrected chi connectivity index (χ3v) is 13.6. The fraction of sp³-hybridized carbons (Fsp3) is 0.0164. The van der Waals surface area contributed by atoms with E-state index in [0.29, 0.717) is 0 Å². The lowest BCUT2D eigenvalue weighted by molar-refractivity contribution is 0.769.